The largest absolute Gasteiger partial charge is 0.378 e. The maximum absolute atomic E-state index is 11.3. The molecule has 1 aromatic rings. The molecule has 3 nitrogen and oxygen atoms in total. The lowest BCUT2D eigenvalue weighted by Gasteiger charge is -2.09. The minimum Gasteiger partial charge on any atom is -0.378 e. The Morgan fingerprint density at radius 1 is 1.33 bits per heavy atom. The van der Waals surface area contributed by atoms with Crippen LogP contribution in [0, 0.1) is 5.92 Å². The summed E-state index contributed by atoms with van der Waals surface area (Å²) in [5.74, 6) is 1.70. The van der Waals surface area contributed by atoms with Crippen LogP contribution in [-0.2, 0) is 4.79 Å². The van der Waals surface area contributed by atoms with Crippen molar-refractivity contribution in [3.8, 4) is 0 Å². The number of aliphatic hydroxyl groups is 1. The third-order valence-electron chi connectivity index (χ3n) is 3.79. The summed E-state index contributed by atoms with van der Waals surface area (Å²) in [6, 6.07) is 5.83. The van der Waals surface area contributed by atoms with E-state index in [2.05, 4.69) is 5.32 Å². The molecule has 0 radical (unpaired) electrons. The van der Waals surface area contributed by atoms with Gasteiger partial charge in [0.25, 0.3) is 5.91 Å². The van der Waals surface area contributed by atoms with Crippen molar-refractivity contribution in [3.63, 3.8) is 0 Å². The average molecular weight is 263 g/mol. The van der Waals surface area contributed by atoms with Crippen molar-refractivity contribution in [2.45, 2.75) is 36.7 Å². The summed E-state index contributed by atoms with van der Waals surface area (Å²) < 4.78 is 0. The fourth-order valence-corrected chi connectivity index (χ4v) is 3.83. The molecule has 0 saturated heterocycles. The summed E-state index contributed by atoms with van der Waals surface area (Å²) in [6.07, 6.45) is 4.46. The maximum Gasteiger partial charge on any atom is 0.257 e. The highest BCUT2D eigenvalue weighted by atomic mass is 32.2. The Bertz CT molecular complexity index is 469. The zero-order valence-corrected chi connectivity index (χ0v) is 11.0. The lowest BCUT2D eigenvalue weighted by atomic mass is 10.1. The molecule has 0 bridgehead atoms. The molecule has 1 aromatic carbocycles. The molecule has 1 unspecified atom stereocenters. The van der Waals surface area contributed by atoms with Crippen molar-refractivity contribution in [1.82, 2.24) is 0 Å². The minimum atomic E-state index is -0.992. The Morgan fingerprint density at radius 2 is 2.11 bits per heavy atom. The Balaban J connectivity index is 1.67. The van der Waals surface area contributed by atoms with E-state index < -0.39 is 6.10 Å². The highest BCUT2D eigenvalue weighted by Crippen LogP contribution is 2.36. The standard InChI is InChI=1S/C14H17NO2S/c16-13-11-6-5-10(7-12(11)15-14(13)17)18-8-9-3-1-2-4-9/h5-7,9,13,16H,1-4,8H2,(H,15,17). The minimum absolute atomic E-state index is 0.317. The van der Waals surface area contributed by atoms with Gasteiger partial charge in [-0.3, -0.25) is 4.79 Å². The highest BCUT2D eigenvalue weighted by Gasteiger charge is 2.28. The number of thioether (sulfide) groups is 1. The van der Waals surface area contributed by atoms with Crippen LogP contribution < -0.4 is 5.32 Å². The first-order valence-corrected chi connectivity index (χ1v) is 7.48. The molecule has 1 saturated carbocycles. The monoisotopic (exact) mass is 263 g/mol. The molecule has 1 fully saturated rings. The molecule has 1 amide bonds. The summed E-state index contributed by atoms with van der Waals surface area (Å²) in [5.41, 5.74) is 1.47. The Labute approximate surface area is 111 Å². The topological polar surface area (TPSA) is 49.3 Å². The van der Waals surface area contributed by atoms with Crippen LogP contribution in [0.1, 0.15) is 37.4 Å². The lowest BCUT2D eigenvalue weighted by molar-refractivity contribution is -0.123. The van der Waals surface area contributed by atoms with Crippen molar-refractivity contribution in [1.29, 1.82) is 0 Å². The first-order chi connectivity index (χ1) is 8.74. The number of aliphatic hydroxyl groups excluding tert-OH is 1. The second kappa shape index (κ2) is 4.94. The molecule has 2 N–H and O–H groups in total. The van der Waals surface area contributed by atoms with Crippen LogP contribution in [0.4, 0.5) is 5.69 Å². The van der Waals surface area contributed by atoms with Gasteiger partial charge in [0.15, 0.2) is 6.10 Å². The van der Waals surface area contributed by atoms with Crippen molar-refractivity contribution < 1.29 is 9.90 Å². The van der Waals surface area contributed by atoms with Gasteiger partial charge in [0.2, 0.25) is 0 Å². The molecule has 0 aromatic heterocycles. The number of carbonyl (C=O) groups excluding carboxylic acids is 1. The molecular weight excluding hydrogens is 246 g/mol. The Kier molecular flexibility index (Phi) is 3.31. The fraction of sp³-hybridized carbons (Fsp3) is 0.500. The van der Waals surface area contributed by atoms with E-state index in [1.165, 1.54) is 30.6 Å². The van der Waals surface area contributed by atoms with Gasteiger partial charge in [-0.05, 0) is 30.9 Å². The van der Waals surface area contributed by atoms with E-state index in [9.17, 15) is 9.90 Å². The van der Waals surface area contributed by atoms with Crippen LogP contribution in [-0.4, -0.2) is 16.8 Å². The van der Waals surface area contributed by atoms with Gasteiger partial charge < -0.3 is 10.4 Å². The average Bonchev–Trinajstić information content (AvgIpc) is 2.97. The zero-order valence-electron chi connectivity index (χ0n) is 10.2. The van der Waals surface area contributed by atoms with E-state index in [4.69, 9.17) is 0 Å². The van der Waals surface area contributed by atoms with Gasteiger partial charge >= 0.3 is 0 Å². The maximum atomic E-state index is 11.3. The number of hydrogen-bond acceptors (Lipinski definition) is 3. The molecule has 18 heavy (non-hydrogen) atoms. The fourth-order valence-electron chi connectivity index (χ4n) is 2.71. The van der Waals surface area contributed by atoms with E-state index in [1.807, 2.05) is 30.0 Å². The molecule has 96 valence electrons. The van der Waals surface area contributed by atoms with E-state index in [1.54, 1.807) is 0 Å². The van der Waals surface area contributed by atoms with Crippen LogP contribution in [0.5, 0.6) is 0 Å². The third kappa shape index (κ3) is 2.27. The lowest BCUT2D eigenvalue weighted by Crippen LogP contribution is -2.10. The first-order valence-electron chi connectivity index (χ1n) is 6.50. The predicted molar refractivity (Wildman–Crippen MR) is 72.7 cm³/mol. The number of nitrogens with one attached hydrogen (secondary N) is 1. The van der Waals surface area contributed by atoms with Crippen molar-refractivity contribution in [3.05, 3.63) is 23.8 Å². The van der Waals surface area contributed by atoms with Crippen LogP contribution in [0.25, 0.3) is 0 Å². The Morgan fingerprint density at radius 3 is 2.89 bits per heavy atom. The van der Waals surface area contributed by atoms with Crippen LogP contribution in [0.2, 0.25) is 0 Å². The number of fused-ring (bicyclic) bond motifs is 1. The van der Waals surface area contributed by atoms with Crippen LogP contribution >= 0.6 is 11.8 Å². The molecule has 0 spiro atoms. The summed E-state index contributed by atoms with van der Waals surface area (Å²) in [7, 11) is 0. The number of anilines is 1. The molecule has 1 aliphatic heterocycles. The SMILES string of the molecule is O=C1Nc2cc(SCC3CCCC3)ccc2C1O. The van der Waals surface area contributed by atoms with Crippen molar-refractivity contribution in [2.75, 3.05) is 11.1 Å². The number of carbonyl (C=O) groups is 1. The van der Waals surface area contributed by atoms with Gasteiger partial charge in [-0.1, -0.05) is 18.9 Å². The molecule has 1 atom stereocenters. The number of amides is 1. The van der Waals surface area contributed by atoms with Crippen LogP contribution in [0.15, 0.2) is 23.1 Å². The molecule has 1 heterocycles. The van der Waals surface area contributed by atoms with E-state index >= 15 is 0 Å². The molecule has 3 rings (SSSR count). The zero-order chi connectivity index (χ0) is 12.5. The molecule has 4 heteroatoms. The smallest absolute Gasteiger partial charge is 0.257 e. The highest BCUT2D eigenvalue weighted by molar-refractivity contribution is 7.99. The van der Waals surface area contributed by atoms with E-state index in [0.717, 1.165) is 17.4 Å². The van der Waals surface area contributed by atoms with Gasteiger partial charge in [0, 0.05) is 21.9 Å². The first kappa shape index (κ1) is 12.1. The third-order valence-corrected chi connectivity index (χ3v) is 5.01. The predicted octanol–water partition coefficient (Wildman–Crippen LogP) is 2.95. The van der Waals surface area contributed by atoms with Gasteiger partial charge in [-0.2, -0.15) is 0 Å². The van der Waals surface area contributed by atoms with Crippen molar-refractivity contribution in [2.24, 2.45) is 5.92 Å². The van der Waals surface area contributed by atoms with Crippen molar-refractivity contribution >= 4 is 23.4 Å². The van der Waals surface area contributed by atoms with Gasteiger partial charge in [0.05, 0.1) is 0 Å². The summed E-state index contributed by atoms with van der Waals surface area (Å²) in [5, 5.41) is 12.3. The second-order valence-electron chi connectivity index (χ2n) is 5.10. The second-order valence-corrected chi connectivity index (χ2v) is 6.20. The quantitative estimate of drug-likeness (QED) is 0.824. The number of rotatable bonds is 3. The van der Waals surface area contributed by atoms with Crippen LogP contribution in [0.3, 0.4) is 0 Å². The Hall–Kier alpha value is -1.00. The van der Waals surface area contributed by atoms with E-state index in [0.29, 0.717) is 5.56 Å². The molecule has 2 aliphatic rings. The number of benzene rings is 1. The van der Waals surface area contributed by atoms with Gasteiger partial charge in [0.1, 0.15) is 0 Å². The summed E-state index contributed by atoms with van der Waals surface area (Å²) in [6.45, 7) is 0. The number of hydrogen-bond donors (Lipinski definition) is 2. The van der Waals surface area contributed by atoms with Gasteiger partial charge in [-0.15, -0.1) is 11.8 Å². The van der Waals surface area contributed by atoms with E-state index in [-0.39, 0.29) is 5.91 Å². The normalized spacial score (nSPS) is 23.2. The molecule has 1 aliphatic carbocycles. The summed E-state index contributed by atoms with van der Waals surface area (Å²) in [4.78, 5) is 12.5. The van der Waals surface area contributed by atoms with Gasteiger partial charge in [-0.25, -0.2) is 0 Å². The molecular formula is C14H17NO2S. The summed E-state index contributed by atoms with van der Waals surface area (Å²) >= 11 is 1.85.